The van der Waals surface area contributed by atoms with E-state index >= 15 is 0 Å². The Balaban J connectivity index is 1.97. The molecular weight excluding hydrogens is 204 g/mol. The molecule has 1 aliphatic rings. The van der Waals surface area contributed by atoms with Gasteiger partial charge in [-0.05, 0) is 26.5 Å². The maximum absolute atomic E-state index is 5.67. The number of hydrogen-bond donors (Lipinski definition) is 1. The van der Waals surface area contributed by atoms with E-state index in [4.69, 9.17) is 14.9 Å². The maximum atomic E-state index is 5.67. The van der Waals surface area contributed by atoms with E-state index in [1.54, 1.807) is 0 Å². The minimum Gasteiger partial charge on any atom is -0.465 e. The fourth-order valence-electron chi connectivity index (χ4n) is 2.11. The number of likely N-dealkylation sites (N-methyl/N-ethyl adjacent to an activating group) is 1. The van der Waals surface area contributed by atoms with Gasteiger partial charge in [0, 0.05) is 24.8 Å². The van der Waals surface area contributed by atoms with Crippen molar-refractivity contribution < 1.29 is 9.15 Å². The third kappa shape index (κ3) is 2.45. The van der Waals surface area contributed by atoms with Crippen LogP contribution in [0.3, 0.4) is 0 Å². The Morgan fingerprint density at radius 3 is 2.94 bits per heavy atom. The molecule has 0 aromatic carbocycles. The fraction of sp³-hybridized carbons (Fsp3) is 0.667. The molecule has 1 unspecified atom stereocenters. The van der Waals surface area contributed by atoms with Crippen molar-refractivity contribution in [1.82, 2.24) is 4.90 Å². The molecule has 90 valence electrons. The van der Waals surface area contributed by atoms with Gasteiger partial charge in [0.2, 0.25) is 0 Å². The number of aryl methyl sites for hydroxylation is 1. The summed E-state index contributed by atoms with van der Waals surface area (Å²) in [4.78, 5) is 2.28. The van der Waals surface area contributed by atoms with Crippen LogP contribution in [-0.2, 0) is 17.8 Å². The lowest BCUT2D eigenvalue weighted by Gasteiger charge is -2.21. The highest BCUT2D eigenvalue weighted by molar-refractivity contribution is 5.20. The van der Waals surface area contributed by atoms with Crippen LogP contribution in [0.2, 0.25) is 0 Å². The zero-order chi connectivity index (χ0) is 11.5. The summed E-state index contributed by atoms with van der Waals surface area (Å²) in [6.07, 6.45) is 1.11. The monoisotopic (exact) mass is 224 g/mol. The van der Waals surface area contributed by atoms with E-state index in [1.165, 1.54) is 0 Å². The zero-order valence-electron chi connectivity index (χ0n) is 10.0. The van der Waals surface area contributed by atoms with Gasteiger partial charge in [0.25, 0.3) is 0 Å². The van der Waals surface area contributed by atoms with Crippen molar-refractivity contribution in [2.24, 2.45) is 5.73 Å². The standard InChI is InChI=1S/C12H20N2O2/c1-9-10(6-13)5-12(16-9)7-14(2)11-3-4-15-8-11/h5,11H,3-4,6-8,13H2,1-2H3. The van der Waals surface area contributed by atoms with Gasteiger partial charge in [-0.25, -0.2) is 0 Å². The van der Waals surface area contributed by atoms with Gasteiger partial charge in [0.1, 0.15) is 11.5 Å². The highest BCUT2D eigenvalue weighted by atomic mass is 16.5. The van der Waals surface area contributed by atoms with E-state index in [0.29, 0.717) is 12.6 Å². The van der Waals surface area contributed by atoms with E-state index in [-0.39, 0.29) is 0 Å². The number of nitrogens with two attached hydrogens (primary N) is 1. The molecule has 4 heteroatoms. The lowest BCUT2D eigenvalue weighted by Crippen LogP contribution is -2.31. The predicted octanol–water partition coefficient (Wildman–Crippen LogP) is 1.27. The summed E-state index contributed by atoms with van der Waals surface area (Å²) in [7, 11) is 2.11. The fourth-order valence-corrected chi connectivity index (χ4v) is 2.11. The summed E-state index contributed by atoms with van der Waals surface area (Å²) in [5.74, 6) is 1.93. The summed E-state index contributed by atoms with van der Waals surface area (Å²) in [5, 5.41) is 0. The Morgan fingerprint density at radius 2 is 2.38 bits per heavy atom. The van der Waals surface area contributed by atoms with E-state index in [0.717, 1.165) is 43.3 Å². The van der Waals surface area contributed by atoms with Crippen LogP contribution < -0.4 is 5.73 Å². The van der Waals surface area contributed by atoms with Crippen molar-refractivity contribution >= 4 is 0 Å². The summed E-state index contributed by atoms with van der Waals surface area (Å²) < 4.78 is 11.0. The lowest BCUT2D eigenvalue weighted by atomic mass is 10.2. The minimum atomic E-state index is 0.520. The van der Waals surface area contributed by atoms with Crippen LogP contribution in [0.1, 0.15) is 23.5 Å². The molecule has 2 rings (SSSR count). The second kappa shape index (κ2) is 4.99. The first kappa shape index (κ1) is 11.6. The highest BCUT2D eigenvalue weighted by Gasteiger charge is 2.21. The normalized spacial score (nSPS) is 20.9. The average Bonchev–Trinajstić information content (AvgIpc) is 2.87. The van der Waals surface area contributed by atoms with E-state index in [9.17, 15) is 0 Å². The molecule has 16 heavy (non-hydrogen) atoms. The average molecular weight is 224 g/mol. The van der Waals surface area contributed by atoms with Gasteiger partial charge in [0.15, 0.2) is 0 Å². The van der Waals surface area contributed by atoms with E-state index in [2.05, 4.69) is 18.0 Å². The first-order chi connectivity index (χ1) is 7.70. The van der Waals surface area contributed by atoms with Crippen molar-refractivity contribution in [3.63, 3.8) is 0 Å². The van der Waals surface area contributed by atoms with Crippen molar-refractivity contribution in [2.75, 3.05) is 20.3 Å². The zero-order valence-corrected chi connectivity index (χ0v) is 10.0. The molecule has 0 saturated carbocycles. The van der Waals surface area contributed by atoms with Crippen molar-refractivity contribution in [1.29, 1.82) is 0 Å². The van der Waals surface area contributed by atoms with Crippen molar-refractivity contribution in [2.45, 2.75) is 32.5 Å². The molecule has 2 N–H and O–H groups in total. The molecule has 1 atom stereocenters. The highest BCUT2D eigenvalue weighted by Crippen LogP contribution is 2.18. The molecule has 1 aromatic rings. The molecule has 1 saturated heterocycles. The second-order valence-electron chi connectivity index (χ2n) is 4.43. The summed E-state index contributed by atoms with van der Waals surface area (Å²) in [6, 6.07) is 2.58. The van der Waals surface area contributed by atoms with Crippen LogP contribution in [0.15, 0.2) is 10.5 Å². The molecule has 1 aromatic heterocycles. The number of ether oxygens (including phenoxy) is 1. The van der Waals surface area contributed by atoms with Gasteiger partial charge in [0.05, 0.1) is 13.2 Å². The van der Waals surface area contributed by atoms with Crippen LogP contribution in [0, 0.1) is 6.92 Å². The van der Waals surface area contributed by atoms with E-state index < -0.39 is 0 Å². The predicted molar refractivity (Wildman–Crippen MR) is 62.0 cm³/mol. The molecule has 1 fully saturated rings. The SMILES string of the molecule is Cc1oc(CN(C)C2CCOC2)cc1CN. The maximum Gasteiger partial charge on any atom is 0.118 e. The number of rotatable bonds is 4. The number of nitrogens with zero attached hydrogens (tertiary/aromatic N) is 1. The Kier molecular flexibility index (Phi) is 3.63. The van der Waals surface area contributed by atoms with Gasteiger partial charge in [-0.1, -0.05) is 0 Å². The Hall–Kier alpha value is -0.840. The van der Waals surface area contributed by atoms with Crippen molar-refractivity contribution in [3.8, 4) is 0 Å². The first-order valence-electron chi connectivity index (χ1n) is 5.77. The molecular formula is C12H20N2O2. The minimum absolute atomic E-state index is 0.520. The van der Waals surface area contributed by atoms with Crippen molar-refractivity contribution in [3.05, 3.63) is 23.2 Å². The molecule has 0 bridgehead atoms. The molecule has 2 heterocycles. The second-order valence-corrected chi connectivity index (χ2v) is 4.43. The molecule has 1 aliphatic heterocycles. The molecule has 0 amide bonds. The van der Waals surface area contributed by atoms with Crippen LogP contribution in [0.5, 0.6) is 0 Å². The molecule has 0 aliphatic carbocycles. The smallest absolute Gasteiger partial charge is 0.118 e. The molecule has 0 spiro atoms. The van der Waals surface area contributed by atoms with Gasteiger partial charge in [-0.3, -0.25) is 4.90 Å². The third-order valence-electron chi connectivity index (χ3n) is 3.23. The Bertz CT molecular complexity index is 343. The van der Waals surface area contributed by atoms with Crippen LogP contribution >= 0.6 is 0 Å². The summed E-state index contributed by atoms with van der Waals surface area (Å²) >= 11 is 0. The number of hydrogen-bond acceptors (Lipinski definition) is 4. The third-order valence-corrected chi connectivity index (χ3v) is 3.23. The summed E-state index contributed by atoms with van der Waals surface area (Å²) in [6.45, 7) is 5.05. The van der Waals surface area contributed by atoms with E-state index in [1.807, 2.05) is 6.92 Å². The van der Waals surface area contributed by atoms with Gasteiger partial charge < -0.3 is 14.9 Å². The summed E-state index contributed by atoms with van der Waals surface area (Å²) in [5.41, 5.74) is 6.73. The molecule has 0 radical (unpaired) electrons. The van der Waals surface area contributed by atoms with Gasteiger partial charge >= 0.3 is 0 Å². The largest absolute Gasteiger partial charge is 0.465 e. The van der Waals surface area contributed by atoms with Crippen LogP contribution in [0.25, 0.3) is 0 Å². The number of furan rings is 1. The lowest BCUT2D eigenvalue weighted by molar-refractivity contribution is 0.152. The quantitative estimate of drug-likeness (QED) is 0.836. The molecule has 4 nitrogen and oxygen atoms in total. The van der Waals surface area contributed by atoms with Gasteiger partial charge in [-0.15, -0.1) is 0 Å². The van der Waals surface area contributed by atoms with Crippen LogP contribution in [-0.4, -0.2) is 31.2 Å². The Labute approximate surface area is 96.4 Å². The first-order valence-corrected chi connectivity index (χ1v) is 5.77. The Morgan fingerprint density at radius 1 is 1.56 bits per heavy atom. The van der Waals surface area contributed by atoms with Gasteiger partial charge in [-0.2, -0.15) is 0 Å². The van der Waals surface area contributed by atoms with Crippen LogP contribution in [0.4, 0.5) is 0 Å². The topological polar surface area (TPSA) is 51.6 Å².